The number of carbonyl (C=O) groups excluding carboxylic acids is 1. The van der Waals surface area contributed by atoms with Crippen LogP contribution in [0.2, 0.25) is 0 Å². The zero-order chi connectivity index (χ0) is 11.9. The van der Waals surface area contributed by atoms with Crippen LogP contribution in [-0.2, 0) is 4.79 Å². The highest BCUT2D eigenvalue weighted by atomic mass is 16.5. The maximum atomic E-state index is 12.2. The summed E-state index contributed by atoms with van der Waals surface area (Å²) in [7, 11) is 1.64. The van der Waals surface area contributed by atoms with Crippen LogP contribution >= 0.6 is 0 Å². The summed E-state index contributed by atoms with van der Waals surface area (Å²) < 4.78 is 5.10. The number of hydrogen-bond acceptors (Lipinski definition) is 3. The van der Waals surface area contributed by atoms with Gasteiger partial charge in [0.25, 0.3) is 0 Å². The Hall–Kier alpha value is -1.55. The maximum Gasteiger partial charge on any atom is 0.249 e. The Morgan fingerprint density at radius 2 is 2.12 bits per heavy atom. The first-order valence-corrected chi connectivity index (χ1v) is 5.96. The van der Waals surface area contributed by atoms with Crippen LogP contribution < -0.4 is 15.0 Å². The fourth-order valence-corrected chi connectivity index (χ4v) is 2.67. The van der Waals surface area contributed by atoms with Crippen LogP contribution in [0.25, 0.3) is 0 Å². The quantitative estimate of drug-likeness (QED) is 0.778. The van der Waals surface area contributed by atoms with Crippen LogP contribution in [0.3, 0.4) is 0 Å². The van der Waals surface area contributed by atoms with Crippen molar-refractivity contribution >= 4 is 11.6 Å². The van der Waals surface area contributed by atoms with Crippen molar-refractivity contribution in [1.82, 2.24) is 5.32 Å². The van der Waals surface area contributed by atoms with E-state index in [4.69, 9.17) is 4.74 Å². The number of rotatable bonds is 2. The van der Waals surface area contributed by atoms with E-state index in [9.17, 15) is 4.79 Å². The van der Waals surface area contributed by atoms with E-state index >= 15 is 0 Å². The van der Waals surface area contributed by atoms with Crippen molar-refractivity contribution in [3.8, 4) is 5.75 Å². The van der Waals surface area contributed by atoms with Gasteiger partial charge in [0.15, 0.2) is 0 Å². The van der Waals surface area contributed by atoms with Crippen molar-refractivity contribution in [2.24, 2.45) is 0 Å². The number of hydrogen-bond donors (Lipinski definition) is 1. The second-order valence-corrected chi connectivity index (χ2v) is 4.70. The Labute approximate surface area is 101 Å². The molecular formula is C13H16N2O2. The van der Waals surface area contributed by atoms with Crippen LogP contribution in [0, 0.1) is 0 Å². The lowest BCUT2D eigenvalue weighted by Crippen LogP contribution is -2.71. The van der Waals surface area contributed by atoms with E-state index in [1.807, 2.05) is 29.2 Å². The molecule has 17 heavy (non-hydrogen) atoms. The summed E-state index contributed by atoms with van der Waals surface area (Å²) in [5.74, 6) is 1.02. The lowest BCUT2D eigenvalue weighted by Gasteiger charge is -2.46. The predicted molar refractivity (Wildman–Crippen MR) is 65.3 cm³/mol. The number of nitrogens with zero attached hydrogens (tertiary/aromatic N) is 1. The molecule has 0 unspecified atom stereocenters. The molecule has 3 rings (SSSR count). The van der Waals surface area contributed by atoms with Gasteiger partial charge in [-0.25, -0.2) is 0 Å². The molecule has 1 spiro atoms. The van der Waals surface area contributed by atoms with E-state index in [1.165, 1.54) is 0 Å². The van der Waals surface area contributed by atoms with E-state index in [0.717, 1.165) is 37.4 Å². The molecule has 2 fully saturated rings. The number of methoxy groups -OCH3 is 1. The molecule has 1 aromatic rings. The number of ether oxygens (including phenoxy) is 1. The molecule has 0 aliphatic carbocycles. The zero-order valence-electron chi connectivity index (χ0n) is 9.90. The van der Waals surface area contributed by atoms with Gasteiger partial charge in [0.2, 0.25) is 5.91 Å². The number of anilines is 1. The van der Waals surface area contributed by atoms with Gasteiger partial charge in [-0.1, -0.05) is 0 Å². The van der Waals surface area contributed by atoms with Gasteiger partial charge >= 0.3 is 0 Å². The van der Waals surface area contributed by atoms with E-state index in [2.05, 4.69) is 5.32 Å². The van der Waals surface area contributed by atoms with Gasteiger partial charge in [0.1, 0.15) is 11.3 Å². The van der Waals surface area contributed by atoms with Gasteiger partial charge in [0, 0.05) is 5.69 Å². The highest BCUT2D eigenvalue weighted by Crippen LogP contribution is 2.35. The van der Waals surface area contributed by atoms with Crippen molar-refractivity contribution < 1.29 is 9.53 Å². The predicted octanol–water partition coefficient (Wildman–Crippen LogP) is 1.16. The normalized spacial score (nSPS) is 27.4. The average Bonchev–Trinajstić information content (AvgIpc) is 2.87. The molecule has 0 bridgehead atoms. The molecule has 4 heteroatoms. The lowest BCUT2D eigenvalue weighted by atomic mass is 9.86. The summed E-state index contributed by atoms with van der Waals surface area (Å²) in [6, 6.07) is 7.63. The Morgan fingerprint density at radius 3 is 2.65 bits per heavy atom. The average molecular weight is 232 g/mol. The van der Waals surface area contributed by atoms with E-state index < -0.39 is 0 Å². The Morgan fingerprint density at radius 1 is 1.35 bits per heavy atom. The molecule has 4 nitrogen and oxygen atoms in total. The van der Waals surface area contributed by atoms with Gasteiger partial charge in [-0.2, -0.15) is 0 Å². The third-order valence-electron chi connectivity index (χ3n) is 3.71. The molecular weight excluding hydrogens is 216 g/mol. The zero-order valence-corrected chi connectivity index (χ0v) is 9.90. The summed E-state index contributed by atoms with van der Waals surface area (Å²) >= 11 is 0. The number of β-lactam (4-membered cyclic amide) rings is 1. The molecule has 0 aromatic heterocycles. The lowest BCUT2D eigenvalue weighted by molar-refractivity contribution is -0.129. The Balaban J connectivity index is 1.76. The molecule has 0 radical (unpaired) electrons. The Kier molecular flexibility index (Phi) is 2.33. The SMILES string of the molecule is COc1ccc(N2C[C@]3(CCCN3)C2=O)cc1. The molecule has 1 aromatic carbocycles. The van der Waals surface area contributed by atoms with E-state index in [1.54, 1.807) is 7.11 Å². The second-order valence-electron chi connectivity index (χ2n) is 4.70. The Bertz CT molecular complexity index is 435. The summed E-state index contributed by atoms with van der Waals surface area (Å²) in [6.07, 6.45) is 2.07. The number of nitrogens with one attached hydrogen (secondary N) is 1. The van der Waals surface area contributed by atoms with E-state index in [0.29, 0.717) is 0 Å². The molecule has 1 atom stereocenters. The summed E-state index contributed by atoms with van der Waals surface area (Å²) in [5.41, 5.74) is 0.704. The number of carbonyl (C=O) groups is 1. The number of amides is 1. The third kappa shape index (κ3) is 1.52. The van der Waals surface area contributed by atoms with Crippen LogP contribution in [0.1, 0.15) is 12.8 Å². The van der Waals surface area contributed by atoms with Crippen molar-refractivity contribution in [1.29, 1.82) is 0 Å². The summed E-state index contributed by atoms with van der Waals surface area (Å²) in [6.45, 7) is 1.75. The first-order chi connectivity index (χ1) is 8.25. The van der Waals surface area contributed by atoms with Crippen molar-refractivity contribution in [3.05, 3.63) is 24.3 Å². The number of benzene rings is 1. The minimum Gasteiger partial charge on any atom is -0.497 e. The van der Waals surface area contributed by atoms with Gasteiger partial charge in [0.05, 0.1) is 13.7 Å². The topological polar surface area (TPSA) is 41.6 Å². The highest BCUT2D eigenvalue weighted by Gasteiger charge is 2.53. The molecule has 2 heterocycles. The van der Waals surface area contributed by atoms with Crippen molar-refractivity contribution in [3.63, 3.8) is 0 Å². The fraction of sp³-hybridized carbons (Fsp3) is 0.462. The standard InChI is InChI=1S/C13H16N2O2/c1-17-11-5-3-10(4-6-11)15-9-13(12(15)16)7-2-8-14-13/h3-6,14H,2,7-9H2,1H3/t13-/m1/s1. The minimum atomic E-state index is -0.250. The third-order valence-corrected chi connectivity index (χ3v) is 3.71. The van der Waals surface area contributed by atoms with Gasteiger partial charge in [-0.05, 0) is 43.7 Å². The monoisotopic (exact) mass is 232 g/mol. The largest absolute Gasteiger partial charge is 0.497 e. The maximum absolute atomic E-state index is 12.2. The van der Waals surface area contributed by atoms with Gasteiger partial charge in [-0.3, -0.25) is 4.79 Å². The minimum absolute atomic E-state index is 0.208. The molecule has 2 aliphatic heterocycles. The molecule has 1 amide bonds. The van der Waals surface area contributed by atoms with Crippen LogP contribution in [0.4, 0.5) is 5.69 Å². The highest BCUT2D eigenvalue weighted by molar-refractivity contribution is 6.07. The molecule has 1 N–H and O–H groups in total. The van der Waals surface area contributed by atoms with Crippen LogP contribution in [0.15, 0.2) is 24.3 Å². The van der Waals surface area contributed by atoms with Gasteiger partial charge < -0.3 is 15.0 Å². The molecule has 2 aliphatic rings. The van der Waals surface area contributed by atoms with Crippen molar-refractivity contribution in [2.75, 3.05) is 25.1 Å². The molecule has 90 valence electrons. The molecule has 0 saturated carbocycles. The van der Waals surface area contributed by atoms with E-state index in [-0.39, 0.29) is 11.4 Å². The van der Waals surface area contributed by atoms with Crippen molar-refractivity contribution in [2.45, 2.75) is 18.4 Å². The summed E-state index contributed by atoms with van der Waals surface area (Å²) in [5, 5.41) is 3.33. The first kappa shape index (κ1) is 10.6. The molecule has 2 saturated heterocycles. The smallest absolute Gasteiger partial charge is 0.249 e. The summed E-state index contributed by atoms with van der Waals surface area (Å²) in [4.78, 5) is 14.0. The van der Waals surface area contributed by atoms with Crippen LogP contribution in [0.5, 0.6) is 5.75 Å². The second kappa shape index (κ2) is 3.74. The van der Waals surface area contributed by atoms with Gasteiger partial charge in [-0.15, -0.1) is 0 Å². The fourth-order valence-electron chi connectivity index (χ4n) is 2.67. The first-order valence-electron chi connectivity index (χ1n) is 5.96. The van der Waals surface area contributed by atoms with Crippen LogP contribution in [-0.4, -0.2) is 31.6 Å².